The Kier molecular flexibility index (Phi) is 5.26. The summed E-state index contributed by atoms with van der Waals surface area (Å²) in [5.74, 6) is 0.663. The van der Waals surface area contributed by atoms with Gasteiger partial charge in [-0.15, -0.1) is 0 Å². The van der Waals surface area contributed by atoms with Gasteiger partial charge in [0.1, 0.15) is 23.3 Å². The van der Waals surface area contributed by atoms with E-state index >= 15 is 0 Å². The van der Waals surface area contributed by atoms with E-state index in [4.69, 9.17) is 0 Å². The molecule has 9 heteroatoms. The van der Waals surface area contributed by atoms with Gasteiger partial charge < -0.3 is 10.4 Å². The van der Waals surface area contributed by atoms with Crippen molar-refractivity contribution in [2.45, 2.75) is 51.4 Å². The highest BCUT2D eigenvalue weighted by Crippen LogP contribution is 2.42. The van der Waals surface area contributed by atoms with Crippen LogP contribution in [-0.2, 0) is 19.0 Å². The van der Waals surface area contributed by atoms with E-state index in [0.29, 0.717) is 18.1 Å². The lowest BCUT2D eigenvalue weighted by Crippen LogP contribution is -2.57. The standard InChI is InChI=1S/C19H20F3N5O/c1-18(2)14(7-15(18)28)26-17-12(8-23)10-25-16(27-17)4-3-11-9-24-6-5-13(11)19(20,21)22/h5-6,9-10,14-15,28H,3-4,7H2,1-2H3,(H,25,26,27)/t14-,15+/m1/s1. The number of aliphatic hydroxyl groups is 1. The maximum Gasteiger partial charge on any atom is 0.416 e. The molecule has 0 aliphatic heterocycles. The smallest absolute Gasteiger partial charge is 0.392 e. The molecule has 1 saturated carbocycles. The average molecular weight is 391 g/mol. The number of hydrogen-bond acceptors (Lipinski definition) is 6. The Morgan fingerprint density at radius 1 is 1.32 bits per heavy atom. The first-order valence-corrected chi connectivity index (χ1v) is 8.83. The van der Waals surface area contributed by atoms with Gasteiger partial charge in [-0.1, -0.05) is 13.8 Å². The number of halogens is 3. The van der Waals surface area contributed by atoms with Gasteiger partial charge in [-0.2, -0.15) is 18.4 Å². The Morgan fingerprint density at radius 2 is 2.07 bits per heavy atom. The van der Waals surface area contributed by atoms with Crippen molar-refractivity contribution in [1.82, 2.24) is 15.0 Å². The molecule has 0 spiro atoms. The Hall–Kier alpha value is -2.73. The molecule has 2 aromatic heterocycles. The Balaban J connectivity index is 1.77. The minimum atomic E-state index is -4.45. The van der Waals surface area contributed by atoms with Gasteiger partial charge in [0.05, 0.1) is 17.9 Å². The zero-order valence-electron chi connectivity index (χ0n) is 15.5. The molecule has 28 heavy (non-hydrogen) atoms. The number of alkyl halides is 3. The summed E-state index contributed by atoms with van der Waals surface area (Å²) in [6.07, 6.45) is -0.447. The molecule has 3 rings (SSSR count). The summed E-state index contributed by atoms with van der Waals surface area (Å²) in [6.45, 7) is 3.82. The fraction of sp³-hybridized carbons (Fsp3) is 0.474. The van der Waals surface area contributed by atoms with Crippen LogP contribution in [-0.4, -0.2) is 32.2 Å². The molecule has 2 heterocycles. The van der Waals surface area contributed by atoms with Crippen LogP contribution in [0.4, 0.5) is 19.0 Å². The maximum atomic E-state index is 13.1. The van der Waals surface area contributed by atoms with Crippen molar-refractivity contribution in [2.24, 2.45) is 5.41 Å². The fourth-order valence-electron chi connectivity index (χ4n) is 3.19. The van der Waals surface area contributed by atoms with E-state index < -0.39 is 17.8 Å². The number of aliphatic hydroxyl groups excluding tert-OH is 1. The zero-order valence-corrected chi connectivity index (χ0v) is 15.5. The summed E-state index contributed by atoms with van der Waals surface area (Å²) in [5.41, 5.74) is -0.770. The first-order valence-electron chi connectivity index (χ1n) is 8.83. The van der Waals surface area contributed by atoms with Crippen molar-refractivity contribution >= 4 is 5.82 Å². The number of rotatable bonds is 5. The van der Waals surface area contributed by atoms with E-state index in [1.165, 1.54) is 12.4 Å². The monoisotopic (exact) mass is 391 g/mol. The molecule has 6 nitrogen and oxygen atoms in total. The summed E-state index contributed by atoms with van der Waals surface area (Å²) in [4.78, 5) is 12.2. The van der Waals surface area contributed by atoms with E-state index in [1.54, 1.807) is 0 Å². The minimum Gasteiger partial charge on any atom is -0.392 e. The SMILES string of the molecule is CC1(C)[C@@H](O)C[C@H]1Nc1nc(CCc2cnccc2C(F)(F)F)ncc1C#N. The van der Waals surface area contributed by atoms with Gasteiger partial charge in [-0.25, -0.2) is 9.97 Å². The lowest BCUT2D eigenvalue weighted by Gasteiger charge is -2.49. The topological polar surface area (TPSA) is 94.7 Å². The van der Waals surface area contributed by atoms with E-state index in [2.05, 4.69) is 20.3 Å². The van der Waals surface area contributed by atoms with Crippen LogP contribution < -0.4 is 5.32 Å². The number of aromatic nitrogens is 3. The lowest BCUT2D eigenvalue weighted by atomic mass is 9.64. The van der Waals surface area contributed by atoms with Crippen molar-refractivity contribution in [2.75, 3.05) is 5.32 Å². The van der Waals surface area contributed by atoms with Gasteiger partial charge >= 0.3 is 6.18 Å². The highest BCUT2D eigenvalue weighted by molar-refractivity contribution is 5.52. The molecule has 1 fully saturated rings. The van der Waals surface area contributed by atoms with Crippen molar-refractivity contribution < 1.29 is 18.3 Å². The molecule has 148 valence electrons. The van der Waals surface area contributed by atoms with Crippen LogP contribution in [0.3, 0.4) is 0 Å². The molecular weight excluding hydrogens is 371 g/mol. The predicted molar refractivity (Wildman–Crippen MR) is 95.2 cm³/mol. The van der Waals surface area contributed by atoms with Gasteiger partial charge in [0.15, 0.2) is 0 Å². The van der Waals surface area contributed by atoms with Gasteiger partial charge in [0.25, 0.3) is 0 Å². The normalized spacial score (nSPS) is 20.9. The van der Waals surface area contributed by atoms with Gasteiger partial charge in [0.2, 0.25) is 0 Å². The Labute approximate surface area is 160 Å². The predicted octanol–water partition coefficient (Wildman–Crippen LogP) is 3.12. The average Bonchev–Trinajstić information content (AvgIpc) is 2.65. The summed E-state index contributed by atoms with van der Waals surface area (Å²) in [7, 11) is 0. The molecule has 0 saturated heterocycles. The van der Waals surface area contributed by atoms with Crippen molar-refractivity contribution in [3.63, 3.8) is 0 Å². The molecule has 1 aliphatic carbocycles. The molecule has 0 bridgehead atoms. The number of anilines is 1. The molecule has 0 amide bonds. The first kappa shape index (κ1) is 20.0. The van der Waals surface area contributed by atoms with Crippen LogP contribution in [0.25, 0.3) is 0 Å². The third-order valence-electron chi connectivity index (χ3n) is 5.31. The molecule has 0 aromatic carbocycles. The number of hydrogen-bond donors (Lipinski definition) is 2. The van der Waals surface area contributed by atoms with E-state index in [0.717, 1.165) is 12.3 Å². The second-order valence-electron chi connectivity index (χ2n) is 7.46. The number of pyridine rings is 1. The first-order chi connectivity index (χ1) is 13.1. The molecule has 0 radical (unpaired) electrons. The minimum absolute atomic E-state index is 0.0625. The van der Waals surface area contributed by atoms with Gasteiger partial charge in [-0.3, -0.25) is 4.98 Å². The second-order valence-corrected chi connectivity index (χ2v) is 7.46. The van der Waals surface area contributed by atoms with Gasteiger partial charge in [-0.05, 0) is 24.5 Å². The number of nitrogens with zero attached hydrogens (tertiary/aromatic N) is 4. The Bertz CT molecular complexity index is 907. The second kappa shape index (κ2) is 7.36. The van der Waals surface area contributed by atoms with Crippen molar-refractivity contribution in [1.29, 1.82) is 5.26 Å². The zero-order chi connectivity index (χ0) is 20.5. The van der Waals surface area contributed by atoms with Crippen LogP contribution in [0.1, 0.15) is 42.8 Å². The summed E-state index contributed by atoms with van der Waals surface area (Å²) < 4.78 is 39.3. The van der Waals surface area contributed by atoms with Gasteiger partial charge in [0, 0.05) is 30.3 Å². The highest BCUT2D eigenvalue weighted by Gasteiger charge is 2.47. The summed E-state index contributed by atoms with van der Waals surface area (Å²) >= 11 is 0. The molecule has 2 atom stereocenters. The van der Waals surface area contributed by atoms with Crippen LogP contribution >= 0.6 is 0 Å². The maximum absolute atomic E-state index is 13.1. The van der Waals surface area contributed by atoms with Crippen LogP contribution in [0.15, 0.2) is 24.7 Å². The fourth-order valence-corrected chi connectivity index (χ4v) is 3.19. The number of aryl methyl sites for hydroxylation is 2. The largest absolute Gasteiger partial charge is 0.416 e. The number of nitrogens with one attached hydrogen (secondary N) is 1. The van der Waals surface area contributed by atoms with E-state index in [1.807, 2.05) is 19.9 Å². The third kappa shape index (κ3) is 3.92. The quantitative estimate of drug-likeness (QED) is 0.813. The molecule has 1 aliphatic rings. The van der Waals surface area contributed by atoms with Crippen LogP contribution in [0.2, 0.25) is 0 Å². The third-order valence-corrected chi connectivity index (χ3v) is 5.31. The van der Waals surface area contributed by atoms with E-state index in [9.17, 15) is 23.5 Å². The summed E-state index contributed by atoms with van der Waals surface area (Å²) in [6, 6.07) is 2.90. The van der Waals surface area contributed by atoms with Crippen molar-refractivity contribution in [3.05, 3.63) is 47.2 Å². The molecular formula is C19H20F3N5O. The van der Waals surface area contributed by atoms with Crippen molar-refractivity contribution in [3.8, 4) is 6.07 Å². The number of nitriles is 1. The summed E-state index contributed by atoms with van der Waals surface area (Å²) in [5, 5.41) is 22.3. The van der Waals surface area contributed by atoms with Crippen LogP contribution in [0.5, 0.6) is 0 Å². The molecule has 2 aromatic rings. The highest BCUT2D eigenvalue weighted by atomic mass is 19.4. The van der Waals surface area contributed by atoms with E-state index in [-0.39, 0.29) is 35.4 Å². The molecule has 0 unspecified atom stereocenters. The Morgan fingerprint density at radius 3 is 2.68 bits per heavy atom. The lowest BCUT2D eigenvalue weighted by molar-refractivity contribution is -0.138. The molecule has 2 N–H and O–H groups in total. The van der Waals surface area contributed by atoms with Crippen LogP contribution in [0, 0.1) is 16.7 Å².